The van der Waals surface area contributed by atoms with Crippen molar-refractivity contribution >= 4 is 11.7 Å². The number of urea groups is 1. The van der Waals surface area contributed by atoms with Crippen molar-refractivity contribution in [1.82, 2.24) is 10.2 Å². The summed E-state index contributed by atoms with van der Waals surface area (Å²) in [4.78, 5) is 13.4. The highest BCUT2D eigenvalue weighted by Gasteiger charge is 2.32. The number of piperidine rings is 1. The number of benzene rings is 1. The number of halogens is 3. The Labute approximate surface area is 143 Å². The largest absolute Gasteiger partial charge is 0.454 e. The second-order valence-electron chi connectivity index (χ2n) is 6.24. The van der Waals surface area contributed by atoms with Gasteiger partial charge in [0.15, 0.2) is 11.5 Å². The number of hydrogen-bond donors (Lipinski definition) is 2. The first-order valence-electron chi connectivity index (χ1n) is 8.13. The summed E-state index contributed by atoms with van der Waals surface area (Å²) in [7, 11) is 0. The van der Waals surface area contributed by atoms with Crippen LogP contribution in [0.15, 0.2) is 18.2 Å². The number of nitrogens with one attached hydrogen (secondary N) is 2. The van der Waals surface area contributed by atoms with Crippen LogP contribution in [-0.4, -0.2) is 50.1 Å². The van der Waals surface area contributed by atoms with Crippen LogP contribution in [0, 0.1) is 5.92 Å². The maximum Gasteiger partial charge on any atom is 0.401 e. The van der Waals surface area contributed by atoms with Crippen LogP contribution in [-0.2, 0) is 0 Å². The molecule has 2 aliphatic rings. The van der Waals surface area contributed by atoms with E-state index in [1.54, 1.807) is 18.2 Å². The smallest absolute Gasteiger partial charge is 0.401 e. The zero-order valence-corrected chi connectivity index (χ0v) is 13.6. The predicted octanol–water partition coefficient (Wildman–Crippen LogP) is 2.81. The van der Waals surface area contributed by atoms with Gasteiger partial charge in [-0.15, -0.1) is 0 Å². The quantitative estimate of drug-likeness (QED) is 0.868. The molecule has 0 atom stereocenters. The van der Waals surface area contributed by atoms with Crippen LogP contribution in [0.4, 0.5) is 23.7 Å². The van der Waals surface area contributed by atoms with Gasteiger partial charge in [0.05, 0.1) is 6.54 Å². The fourth-order valence-electron chi connectivity index (χ4n) is 2.99. The van der Waals surface area contributed by atoms with Gasteiger partial charge in [0.25, 0.3) is 0 Å². The van der Waals surface area contributed by atoms with Crippen molar-refractivity contribution in [2.45, 2.75) is 19.0 Å². The molecule has 0 saturated carbocycles. The third-order valence-electron chi connectivity index (χ3n) is 4.29. The molecule has 1 aromatic carbocycles. The molecule has 3 rings (SSSR count). The molecule has 0 aliphatic carbocycles. The number of ether oxygens (including phenoxy) is 2. The summed E-state index contributed by atoms with van der Waals surface area (Å²) in [5.41, 5.74) is 0.585. The van der Waals surface area contributed by atoms with Gasteiger partial charge in [-0.2, -0.15) is 13.2 Å². The lowest BCUT2D eigenvalue weighted by atomic mass is 9.97. The highest BCUT2D eigenvalue weighted by molar-refractivity contribution is 5.89. The molecule has 25 heavy (non-hydrogen) atoms. The summed E-state index contributed by atoms with van der Waals surface area (Å²) < 4.78 is 47.5. The lowest BCUT2D eigenvalue weighted by Crippen LogP contribution is -2.43. The second-order valence-corrected chi connectivity index (χ2v) is 6.24. The summed E-state index contributed by atoms with van der Waals surface area (Å²) in [5, 5.41) is 5.48. The van der Waals surface area contributed by atoms with Crippen molar-refractivity contribution < 1.29 is 27.4 Å². The van der Waals surface area contributed by atoms with Crippen LogP contribution >= 0.6 is 0 Å². The third-order valence-corrected chi connectivity index (χ3v) is 4.29. The molecule has 6 nitrogen and oxygen atoms in total. The van der Waals surface area contributed by atoms with Crippen molar-refractivity contribution in [3.05, 3.63) is 18.2 Å². The van der Waals surface area contributed by atoms with Crippen LogP contribution in [0.3, 0.4) is 0 Å². The molecular weight excluding hydrogens is 339 g/mol. The Morgan fingerprint density at radius 3 is 2.64 bits per heavy atom. The molecule has 1 saturated heterocycles. The van der Waals surface area contributed by atoms with Crippen LogP contribution in [0.25, 0.3) is 0 Å². The van der Waals surface area contributed by atoms with Gasteiger partial charge in [0.1, 0.15) is 0 Å². The fraction of sp³-hybridized carbons (Fsp3) is 0.562. The number of carbonyl (C=O) groups excluding carboxylic acids is 1. The van der Waals surface area contributed by atoms with Gasteiger partial charge in [-0.05, 0) is 44.0 Å². The molecule has 0 radical (unpaired) electrons. The summed E-state index contributed by atoms with van der Waals surface area (Å²) >= 11 is 0. The van der Waals surface area contributed by atoms with E-state index >= 15 is 0 Å². The molecule has 0 spiro atoms. The second kappa shape index (κ2) is 7.38. The highest BCUT2D eigenvalue weighted by atomic mass is 19.4. The van der Waals surface area contributed by atoms with E-state index in [-0.39, 0.29) is 18.7 Å². The van der Waals surface area contributed by atoms with Crippen molar-refractivity contribution in [3.63, 3.8) is 0 Å². The van der Waals surface area contributed by atoms with Gasteiger partial charge in [0, 0.05) is 18.3 Å². The van der Waals surface area contributed by atoms with Gasteiger partial charge in [-0.3, -0.25) is 4.90 Å². The van der Waals surface area contributed by atoms with E-state index in [1.165, 1.54) is 4.90 Å². The first-order valence-corrected chi connectivity index (χ1v) is 8.13. The molecule has 1 fully saturated rings. The third kappa shape index (κ3) is 5.15. The molecule has 2 heterocycles. The fourth-order valence-corrected chi connectivity index (χ4v) is 2.99. The van der Waals surface area contributed by atoms with E-state index in [1.807, 2.05) is 0 Å². The molecule has 9 heteroatoms. The van der Waals surface area contributed by atoms with Crippen molar-refractivity contribution in [2.75, 3.05) is 38.3 Å². The highest BCUT2D eigenvalue weighted by Crippen LogP contribution is 2.34. The molecule has 1 aromatic rings. The monoisotopic (exact) mass is 359 g/mol. The Morgan fingerprint density at radius 2 is 1.92 bits per heavy atom. The molecule has 2 N–H and O–H groups in total. The van der Waals surface area contributed by atoms with E-state index in [9.17, 15) is 18.0 Å². The number of nitrogens with zero attached hydrogens (tertiary/aromatic N) is 1. The number of hydrogen-bond acceptors (Lipinski definition) is 4. The van der Waals surface area contributed by atoms with Crippen LogP contribution in [0.1, 0.15) is 12.8 Å². The van der Waals surface area contributed by atoms with Gasteiger partial charge in [-0.25, -0.2) is 4.79 Å². The summed E-state index contributed by atoms with van der Waals surface area (Å²) in [6, 6.07) is 4.76. The zero-order valence-electron chi connectivity index (χ0n) is 13.6. The average molecular weight is 359 g/mol. The zero-order chi connectivity index (χ0) is 17.9. The maximum atomic E-state index is 12.4. The Hall–Kier alpha value is -2.16. The van der Waals surface area contributed by atoms with Gasteiger partial charge >= 0.3 is 12.2 Å². The molecule has 2 amide bonds. The summed E-state index contributed by atoms with van der Waals surface area (Å²) in [6.07, 6.45) is -2.88. The van der Waals surface area contributed by atoms with E-state index in [0.29, 0.717) is 49.7 Å². The Kier molecular flexibility index (Phi) is 5.22. The Morgan fingerprint density at radius 1 is 1.20 bits per heavy atom. The molecule has 2 aliphatic heterocycles. The van der Waals surface area contributed by atoms with E-state index < -0.39 is 12.7 Å². The number of alkyl halides is 3. The molecule has 138 valence electrons. The molecule has 0 unspecified atom stereocenters. The minimum absolute atomic E-state index is 0.165. The van der Waals surface area contributed by atoms with E-state index in [0.717, 1.165) is 0 Å². The topological polar surface area (TPSA) is 62.8 Å². The van der Waals surface area contributed by atoms with Crippen LogP contribution in [0.5, 0.6) is 11.5 Å². The van der Waals surface area contributed by atoms with Gasteiger partial charge in [0.2, 0.25) is 6.79 Å². The standard InChI is InChI=1S/C16H20F3N3O3/c17-16(18,19)9-22-5-3-11(4-6-22)8-20-15(23)21-12-1-2-13-14(7-12)25-10-24-13/h1-2,7,11H,3-6,8-10H2,(H2,20,21,23). The molecular formula is C16H20F3N3O3. The number of anilines is 1. The molecule has 0 aromatic heterocycles. The number of carbonyl (C=O) groups is 1. The minimum atomic E-state index is -4.16. The first-order chi connectivity index (χ1) is 11.9. The summed E-state index contributed by atoms with van der Waals surface area (Å²) in [6.45, 7) is 0.539. The number of likely N-dealkylation sites (tertiary alicyclic amines) is 1. The lowest BCUT2D eigenvalue weighted by molar-refractivity contribution is -0.148. The molecule has 0 bridgehead atoms. The average Bonchev–Trinajstić information content (AvgIpc) is 3.00. The normalized spacial score (nSPS) is 18.2. The SMILES string of the molecule is O=C(NCC1CCN(CC(F)(F)F)CC1)Nc1ccc2c(c1)OCO2. The number of fused-ring (bicyclic) bond motifs is 1. The maximum absolute atomic E-state index is 12.4. The number of rotatable bonds is 4. The van der Waals surface area contributed by atoms with Crippen molar-refractivity contribution in [2.24, 2.45) is 5.92 Å². The lowest BCUT2D eigenvalue weighted by Gasteiger charge is -2.32. The van der Waals surface area contributed by atoms with Crippen LogP contribution < -0.4 is 20.1 Å². The van der Waals surface area contributed by atoms with Crippen molar-refractivity contribution in [3.8, 4) is 11.5 Å². The number of amides is 2. The predicted molar refractivity (Wildman–Crippen MR) is 84.8 cm³/mol. The first kappa shape index (κ1) is 17.7. The van der Waals surface area contributed by atoms with Gasteiger partial charge < -0.3 is 20.1 Å². The minimum Gasteiger partial charge on any atom is -0.454 e. The van der Waals surface area contributed by atoms with Crippen molar-refractivity contribution in [1.29, 1.82) is 0 Å². The van der Waals surface area contributed by atoms with Gasteiger partial charge in [-0.1, -0.05) is 0 Å². The Bertz CT molecular complexity index is 616. The van der Waals surface area contributed by atoms with Crippen LogP contribution in [0.2, 0.25) is 0 Å². The van der Waals surface area contributed by atoms with E-state index in [4.69, 9.17) is 9.47 Å². The summed E-state index contributed by atoms with van der Waals surface area (Å²) in [5.74, 6) is 1.40. The Balaban J connectivity index is 1.38. The van der Waals surface area contributed by atoms with E-state index in [2.05, 4.69) is 10.6 Å².